The van der Waals surface area contributed by atoms with E-state index in [9.17, 15) is 4.79 Å². The largest absolute Gasteiger partial charge is 0.315 e. The van der Waals surface area contributed by atoms with Crippen LogP contribution in [0.5, 0.6) is 0 Å². The highest BCUT2D eigenvalue weighted by Gasteiger charge is 2.22. The third kappa shape index (κ3) is 3.71. The summed E-state index contributed by atoms with van der Waals surface area (Å²) in [6.07, 6.45) is 3.46. The van der Waals surface area contributed by atoms with Crippen molar-refractivity contribution in [3.63, 3.8) is 0 Å². The van der Waals surface area contributed by atoms with Crippen LogP contribution in [-0.4, -0.2) is 38.0 Å². The van der Waals surface area contributed by atoms with E-state index in [2.05, 4.69) is 15.2 Å². The quantitative estimate of drug-likeness (QED) is 0.660. The van der Waals surface area contributed by atoms with Crippen molar-refractivity contribution in [3.8, 4) is 11.4 Å². The first-order chi connectivity index (χ1) is 12.1. The van der Waals surface area contributed by atoms with Crippen molar-refractivity contribution in [3.05, 3.63) is 54.9 Å². The van der Waals surface area contributed by atoms with Gasteiger partial charge in [-0.1, -0.05) is 30.0 Å². The van der Waals surface area contributed by atoms with E-state index in [0.717, 1.165) is 17.1 Å². The van der Waals surface area contributed by atoms with Gasteiger partial charge in [-0.15, -0.1) is 10.2 Å². The number of amides is 1. The molecule has 1 aromatic carbocycles. The SMILES string of the molecule is CC(Sc1nnc(-c2cccnc2)n1C)C(=O)N(C)c1ccccc1. The average molecular weight is 353 g/mol. The number of carbonyl (C=O) groups excluding carboxylic acids is 1. The van der Waals surface area contributed by atoms with Gasteiger partial charge < -0.3 is 9.47 Å². The minimum absolute atomic E-state index is 0.0159. The lowest BCUT2D eigenvalue weighted by atomic mass is 10.3. The third-order valence-corrected chi connectivity index (χ3v) is 4.98. The number of pyridine rings is 1. The minimum atomic E-state index is -0.283. The Hall–Kier alpha value is -2.67. The fourth-order valence-electron chi connectivity index (χ4n) is 2.42. The van der Waals surface area contributed by atoms with Gasteiger partial charge in [-0.25, -0.2) is 0 Å². The number of para-hydroxylation sites is 1. The maximum atomic E-state index is 12.7. The molecule has 3 aromatic rings. The number of carbonyl (C=O) groups is 1. The molecule has 1 unspecified atom stereocenters. The molecule has 2 heterocycles. The van der Waals surface area contributed by atoms with Crippen molar-refractivity contribution < 1.29 is 4.79 Å². The number of hydrogen-bond acceptors (Lipinski definition) is 5. The lowest BCUT2D eigenvalue weighted by Gasteiger charge is -2.20. The highest BCUT2D eigenvalue weighted by Crippen LogP contribution is 2.27. The van der Waals surface area contributed by atoms with Crippen molar-refractivity contribution in [1.82, 2.24) is 19.7 Å². The molecule has 6 nitrogen and oxygen atoms in total. The number of rotatable bonds is 5. The van der Waals surface area contributed by atoms with Gasteiger partial charge in [0.2, 0.25) is 5.91 Å². The Bertz CT molecular complexity index is 850. The summed E-state index contributed by atoms with van der Waals surface area (Å²) in [7, 11) is 3.68. The summed E-state index contributed by atoms with van der Waals surface area (Å²) in [5.41, 5.74) is 1.76. The van der Waals surface area contributed by atoms with Gasteiger partial charge in [0.05, 0.1) is 5.25 Å². The third-order valence-electron chi connectivity index (χ3n) is 3.86. The van der Waals surface area contributed by atoms with E-state index >= 15 is 0 Å². The highest BCUT2D eigenvalue weighted by atomic mass is 32.2. The molecule has 2 aromatic heterocycles. The number of nitrogens with zero attached hydrogens (tertiary/aromatic N) is 5. The minimum Gasteiger partial charge on any atom is -0.315 e. The zero-order chi connectivity index (χ0) is 17.8. The van der Waals surface area contributed by atoms with Gasteiger partial charge in [0.25, 0.3) is 0 Å². The number of benzene rings is 1. The maximum absolute atomic E-state index is 12.7. The van der Waals surface area contributed by atoms with Crippen LogP contribution in [-0.2, 0) is 11.8 Å². The molecular weight excluding hydrogens is 334 g/mol. The molecule has 3 rings (SSSR count). The fourth-order valence-corrected chi connectivity index (χ4v) is 3.33. The van der Waals surface area contributed by atoms with Gasteiger partial charge >= 0.3 is 0 Å². The molecule has 0 aliphatic heterocycles. The predicted octanol–water partition coefficient (Wildman–Crippen LogP) is 3.02. The molecule has 0 bridgehead atoms. The van der Waals surface area contributed by atoms with Crippen LogP contribution in [0.4, 0.5) is 5.69 Å². The van der Waals surface area contributed by atoms with Crippen LogP contribution in [0.15, 0.2) is 60.0 Å². The summed E-state index contributed by atoms with van der Waals surface area (Å²) in [6, 6.07) is 13.4. The van der Waals surface area contributed by atoms with Gasteiger partial charge in [0.1, 0.15) is 0 Å². The van der Waals surface area contributed by atoms with Crippen LogP contribution in [0, 0.1) is 0 Å². The first-order valence-electron chi connectivity index (χ1n) is 7.87. The molecule has 1 atom stereocenters. The number of aromatic nitrogens is 4. The van der Waals surface area contributed by atoms with E-state index in [-0.39, 0.29) is 11.2 Å². The molecule has 0 N–H and O–H groups in total. The van der Waals surface area contributed by atoms with Crippen molar-refractivity contribution in [2.45, 2.75) is 17.3 Å². The first kappa shape index (κ1) is 17.2. The van der Waals surface area contributed by atoms with Crippen molar-refractivity contribution in [2.24, 2.45) is 7.05 Å². The summed E-state index contributed by atoms with van der Waals surface area (Å²) in [5.74, 6) is 0.744. The molecule has 0 aliphatic carbocycles. The summed E-state index contributed by atoms with van der Waals surface area (Å²) >= 11 is 1.39. The molecule has 0 saturated carbocycles. The summed E-state index contributed by atoms with van der Waals surface area (Å²) in [5, 5.41) is 8.87. The monoisotopic (exact) mass is 353 g/mol. The molecule has 0 aliphatic rings. The lowest BCUT2D eigenvalue weighted by molar-refractivity contribution is -0.117. The molecule has 0 spiro atoms. The van der Waals surface area contributed by atoms with Gasteiger partial charge in [-0.2, -0.15) is 0 Å². The van der Waals surface area contributed by atoms with Crippen molar-refractivity contribution in [2.75, 3.05) is 11.9 Å². The maximum Gasteiger partial charge on any atom is 0.240 e. The van der Waals surface area contributed by atoms with Crippen LogP contribution in [0.25, 0.3) is 11.4 Å². The topological polar surface area (TPSA) is 63.9 Å². The first-order valence-corrected chi connectivity index (χ1v) is 8.75. The fraction of sp³-hybridized carbons (Fsp3) is 0.222. The predicted molar refractivity (Wildman–Crippen MR) is 99.4 cm³/mol. The molecule has 1 amide bonds. The highest BCUT2D eigenvalue weighted by molar-refractivity contribution is 8.00. The molecule has 0 fully saturated rings. The molecule has 7 heteroatoms. The van der Waals surface area contributed by atoms with E-state index in [0.29, 0.717) is 5.16 Å². The van der Waals surface area contributed by atoms with E-state index in [1.165, 1.54) is 11.8 Å². The standard InChI is InChI=1S/C18H19N5OS/c1-13(17(24)22(2)15-9-5-4-6-10-15)25-18-21-20-16(23(18)3)14-8-7-11-19-12-14/h4-13H,1-3H3. The Balaban J connectivity index is 1.74. The van der Waals surface area contributed by atoms with Crippen LogP contribution >= 0.6 is 11.8 Å². The number of thioether (sulfide) groups is 1. The number of anilines is 1. The van der Waals surface area contributed by atoms with Crippen molar-refractivity contribution >= 4 is 23.4 Å². The Morgan fingerprint density at radius 3 is 2.60 bits per heavy atom. The Kier molecular flexibility index (Phi) is 5.14. The van der Waals surface area contributed by atoms with Crippen LogP contribution in [0.2, 0.25) is 0 Å². The van der Waals surface area contributed by atoms with Crippen LogP contribution < -0.4 is 4.90 Å². The Morgan fingerprint density at radius 1 is 1.16 bits per heavy atom. The molecular formula is C18H19N5OS. The normalized spacial score (nSPS) is 12.0. The van der Waals surface area contributed by atoms with Gasteiger partial charge in [-0.3, -0.25) is 9.78 Å². The van der Waals surface area contributed by atoms with E-state index < -0.39 is 0 Å². The van der Waals surface area contributed by atoms with E-state index in [1.54, 1.807) is 24.3 Å². The average Bonchev–Trinajstić information content (AvgIpc) is 3.02. The Labute approximate surface area is 150 Å². The van der Waals surface area contributed by atoms with E-state index in [4.69, 9.17) is 0 Å². The molecule has 128 valence electrons. The van der Waals surface area contributed by atoms with Gasteiger partial charge in [0, 0.05) is 37.7 Å². The zero-order valence-corrected chi connectivity index (χ0v) is 15.1. The molecule has 0 saturated heterocycles. The van der Waals surface area contributed by atoms with Crippen LogP contribution in [0.1, 0.15) is 6.92 Å². The second-order valence-electron chi connectivity index (χ2n) is 5.60. The second-order valence-corrected chi connectivity index (χ2v) is 6.91. The van der Waals surface area contributed by atoms with Gasteiger partial charge in [-0.05, 0) is 31.2 Å². The summed E-state index contributed by atoms with van der Waals surface area (Å²) < 4.78 is 1.88. The van der Waals surface area contributed by atoms with Crippen LogP contribution in [0.3, 0.4) is 0 Å². The van der Waals surface area contributed by atoms with Crippen molar-refractivity contribution in [1.29, 1.82) is 0 Å². The van der Waals surface area contributed by atoms with E-state index in [1.807, 2.05) is 61.0 Å². The summed E-state index contributed by atoms with van der Waals surface area (Å²) in [6.45, 7) is 1.88. The zero-order valence-electron chi connectivity index (χ0n) is 14.3. The Morgan fingerprint density at radius 2 is 1.92 bits per heavy atom. The smallest absolute Gasteiger partial charge is 0.240 e. The summed E-state index contributed by atoms with van der Waals surface area (Å²) in [4.78, 5) is 18.4. The molecule has 0 radical (unpaired) electrons. The number of hydrogen-bond donors (Lipinski definition) is 0. The molecule has 25 heavy (non-hydrogen) atoms. The lowest BCUT2D eigenvalue weighted by Crippen LogP contribution is -2.33. The second kappa shape index (κ2) is 7.48. The van der Waals surface area contributed by atoms with Gasteiger partial charge in [0.15, 0.2) is 11.0 Å².